The first-order valence-electron chi connectivity index (χ1n) is 9.26. The van der Waals surface area contributed by atoms with Crippen LogP contribution in [0.5, 0.6) is 0 Å². The van der Waals surface area contributed by atoms with E-state index in [4.69, 9.17) is 5.11 Å². The van der Waals surface area contributed by atoms with Gasteiger partial charge < -0.3 is 26.2 Å². The summed E-state index contributed by atoms with van der Waals surface area (Å²) >= 11 is 0. The lowest BCUT2D eigenvalue weighted by Crippen LogP contribution is -2.53. The summed E-state index contributed by atoms with van der Waals surface area (Å²) in [6.45, 7) is 0. The second kappa shape index (κ2) is 11.1. The number of carbonyl (C=O) groups is 4. The third kappa shape index (κ3) is 7.40. The van der Waals surface area contributed by atoms with E-state index in [1.165, 1.54) is 12.1 Å². The number of carboxylic acids is 2. The molecule has 0 saturated heterocycles. The molecule has 0 aliphatic carbocycles. The van der Waals surface area contributed by atoms with E-state index in [0.29, 0.717) is 5.56 Å². The van der Waals surface area contributed by atoms with Gasteiger partial charge in [-0.25, -0.2) is 9.59 Å². The molecular formula is C20H20N4O8. The summed E-state index contributed by atoms with van der Waals surface area (Å²) in [7, 11) is 0. The van der Waals surface area contributed by atoms with Crippen molar-refractivity contribution >= 4 is 35.3 Å². The van der Waals surface area contributed by atoms with Gasteiger partial charge >= 0.3 is 18.0 Å². The molecule has 0 radical (unpaired) electrons. The Balaban J connectivity index is 2.05. The van der Waals surface area contributed by atoms with E-state index in [1.807, 2.05) is 0 Å². The highest BCUT2D eigenvalue weighted by Gasteiger charge is 2.28. The van der Waals surface area contributed by atoms with Crippen molar-refractivity contribution in [1.29, 1.82) is 0 Å². The van der Waals surface area contributed by atoms with Gasteiger partial charge in [0.15, 0.2) is 0 Å². The van der Waals surface area contributed by atoms with Gasteiger partial charge in [-0.3, -0.25) is 19.7 Å². The molecule has 0 fully saturated rings. The summed E-state index contributed by atoms with van der Waals surface area (Å²) in [5, 5.41) is 35.9. The van der Waals surface area contributed by atoms with E-state index in [9.17, 15) is 34.4 Å². The molecule has 32 heavy (non-hydrogen) atoms. The number of hydrogen-bond acceptors (Lipinski definition) is 6. The monoisotopic (exact) mass is 444 g/mol. The lowest BCUT2D eigenvalue weighted by molar-refractivity contribution is -0.384. The number of carbonyl (C=O) groups excluding carboxylic acids is 2. The molecular weight excluding hydrogens is 424 g/mol. The SMILES string of the molecule is O=C(O)C[C@H](NC(=O)Nc1ccc([N+](=O)[O-])cc1)C(=O)N[C@@H](Cc1ccccc1)C(=O)O. The van der Waals surface area contributed by atoms with Crippen LogP contribution in [0, 0.1) is 10.1 Å². The lowest BCUT2D eigenvalue weighted by Gasteiger charge is -2.20. The van der Waals surface area contributed by atoms with E-state index in [2.05, 4.69) is 16.0 Å². The third-order valence-electron chi connectivity index (χ3n) is 4.23. The maximum atomic E-state index is 12.5. The number of non-ortho nitro benzene ring substituents is 1. The predicted molar refractivity (Wildman–Crippen MR) is 111 cm³/mol. The van der Waals surface area contributed by atoms with Crippen molar-refractivity contribution in [1.82, 2.24) is 10.6 Å². The van der Waals surface area contributed by atoms with Crippen molar-refractivity contribution in [2.75, 3.05) is 5.32 Å². The third-order valence-corrected chi connectivity index (χ3v) is 4.23. The molecule has 5 N–H and O–H groups in total. The molecule has 0 aliphatic rings. The van der Waals surface area contributed by atoms with Crippen molar-refractivity contribution in [2.45, 2.75) is 24.9 Å². The molecule has 0 aromatic heterocycles. The Morgan fingerprint density at radius 2 is 1.53 bits per heavy atom. The average Bonchev–Trinajstić information content (AvgIpc) is 2.73. The molecule has 2 rings (SSSR count). The standard InChI is InChI=1S/C20H20N4O8/c25-17(26)11-15(23-20(30)21-13-6-8-14(9-7-13)24(31)32)18(27)22-16(19(28)29)10-12-4-2-1-3-5-12/h1-9,15-16H,10-11H2,(H,22,27)(H,25,26)(H,28,29)(H2,21,23,30)/t15-,16-/m0/s1. The number of nitro groups is 1. The summed E-state index contributed by atoms with van der Waals surface area (Å²) < 4.78 is 0. The quantitative estimate of drug-likeness (QED) is 0.268. The minimum Gasteiger partial charge on any atom is -0.481 e. The first kappa shape index (κ1) is 23.8. The van der Waals surface area contributed by atoms with E-state index >= 15 is 0 Å². The highest BCUT2D eigenvalue weighted by atomic mass is 16.6. The lowest BCUT2D eigenvalue weighted by atomic mass is 10.1. The van der Waals surface area contributed by atoms with Crippen LogP contribution in [0.4, 0.5) is 16.2 Å². The number of nitrogens with one attached hydrogen (secondary N) is 3. The molecule has 0 aliphatic heterocycles. The zero-order chi connectivity index (χ0) is 23.7. The molecule has 0 spiro atoms. The number of hydrogen-bond donors (Lipinski definition) is 5. The summed E-state index contributed by atoms with van der Waals surface area (Å²) in [5.41, 5.74) is 0.603. The molecule has 2 aromatic rings. The Morgan fingerprint density at radius 1 is 0.906 bits per heavy atom. The number of urea groups is 1. The van der Waals surface area contributed by atoms with Crippen LogP contribution < -0.4 is 16.0 Å². The van der Waals surface area contributed by atoms with Crippen molar-refractivity contribution in [3.05, 3.63) is 70.3 Å². The van der Waals surface area contributed by atoms with Crippen molar-refractivity contribution in [2.24, 2.45) is 0 Å². The summed E-state index contributed by atoms with van der Waals surface area (Å²) in [6.07, 6.45) is -0.839. The van der Waals surface area contributed by atoms with Crippen LogP contribution in [0.25, 0.3) is 0 Å². The van der Waals surface area contributed by atoms with Gasteiger partial charge in [0.05, 0.1) is 11.3 Å². The van der Waals surface area contributed by atoms with E-state index in [0.717, 1.165) is 12.1 Å². The Morgan fingerprint density at radius 3 is 2.06 bits per heavy atom. The molecule has 3 amide bonds. The molecule has 2 aromatic carbocycles. The molecule has 0 saturated carbocycles. The van der Waals surface area contributed by atoms with Gasteiger partial charge in [-0.15, -0.1) is 0 Å². The number of rotatable bonds is 10. The zero-order valence-electron chi connectivity index (χ0n) is 16.6. The maximum Gasteiger partial charge on any atom is 0.326 e. The highest BCUT2D eigenvalue weighted by Crippen LogP contribution is 2.15. The first-order valence-corrected chi connectivity index (χ1v) is 9.26. The largest absolute Gasteiger partial charge is 0.481 e. The number of carboxylic acid groups (broad SMARTS) is 2. The van der Waals surface area contributed by atoms with Gasteiger partial charge in [-0.2, -0.15) is 0 Å². The van der Waals surface area contributed by atoms with Crippen molar-refractivity contribution in [3.63, 3.8) is 0 Å². The van der Waals surface area contributed by atoms with Crippen LogP contribution in [-0.4, -0.2) is 51.1 Å². The molecule has 0 unspecified atom stereocenters. The van der Waals surface area contributed by atoms with Gasteiger partial charge in [0.25, 0.3) is 5.69 Å². The minimum atomic E-state index is -1.57. The second-order valence-electron chi connectivity index (χ2n) is 6.64. The van der Waals surface area contributed by atoms with E-state index < -0.39 is 47.3 Å². The Hall–Kier alpha value is -4.48. The molecule has 2 atom stereocenters. The van der Waals surface area contributed by atoms with Gasteiger partial charge in [0, 0.05) is 24.2 Å². The van der Waals surface area contributed by atoms with Crippen LogP contribution in [0.15, 0.2) is 54.6 Å². The van der Waals surface area contributed by atoms with Crippen molar-refractivity contribution < 1.29 is 34.3 Å². The Kier molecular flexibility index (Phi) is 8.22. The fraction of sp³-hybridized carbons (Fsp3) is 0.200. The van der Waals surface area contributed by atoms with Crippen LogP contribution in [0.2, 0.25) is 0 Å². The van der Waals surface area contributed by atoms with Gasteiger partial charge in [0.2, 0.25) is 5.91 Å². The van der Waals surface area contributed by atoms with Gasteiger partial charge in [0.1, 0.15) is 12.1 Å². The molecule has 12 heteroatoms. The number of anilines is 1. The van der Waals surface area contributed by atoms with Gasteiger partial charge in [-0.1, -0.05) is 30.3 Å². The van der Waals surface area contributed by atoms with E-state index in [-0.39, 0.29) is 17.8 Å². The van der Waals surface area contributed by atoms with Crippen LogP contribution in [0.1, 0.15) is 12.0 Å². The molecule has 168 valence electrons. The van der Waals surface area contributed by atoms with E-state index in [1.54, 1.807) is 30.3 Å². The summed E-state index contributed by atoms with van der Waals surface area (Å²) in [4.78, 5) is 57.5. The number of benzene rings is 2. The molecule has 0 heterocycles. The van der Waals surface area contributed by atoms with Crippen LogP contribution in [0.3, 0.4) is 0 Å². The number of nitrogens with zero attached hydrogens (tertiary/aromatic N) is 1. The topological polar surface area (TPSA) is 188 Å². The minimum absolute atomic E-state index is 0.0449. The average molecular weight is 444 g/mol. The number of aliphatic carboxylic acids is 2. The fourth-order valence-electron chi connectivity index (χ4n) is 2.70. The maximum absolute atomic E-state index is 12.5. The Labute approximate surface area is 181 Å². The predicted octanol–water partition coefficient (Wildman–Crippen LogP) is 1.37. The first-order chi connectivity index (χ1) is 15.2. The summed E-state index contributed by atoms with van der Waals surface area (Å²) in [6, 6.07) is 9.44. The number of nitro benzene ring substituents is 1. The smallest absolute Gasteiger partial charge is 0.326 e. The molecule has 0 bridgehead atoms. The second-order valence-corrected chi connectivity index (χ2v) is 6.64. The number of amides is 3. The normalized spacial score (nSPS) is 12.1. The van der Waals surface area contributed by atoms with Gasteiger partial charge in [-0.05, 0) is 17.7 Å². The zero-order valence-corrected chi connectivity index (χ0v) is 16.6. The Bertz CT molecular complexity index is 994. The molecule has 12 nitrogen and oxygen atoms in total. The van der Waals surface area contributed by atoms with Crippen LogP contribution >= 0.6 is 0 Å². The van der Waals surface area contributed by atoms with Crippen molar-refractivity contribution in [3.8, 4) is 0 Å². The highest BCUT2D eigenvalue weighted by molar-refractivity contribution is 5.96. The fourth-order valence-corrected chi connectivity index (χ4v) is 2.70. The summed E-state index contributed by atoms with van der Waals surface area (Å²) in [5.74, 6) is -3.71. The van der Waals surface area contributed by atoms with Crippen LogP contribution in [-0.2, 0) is 20.8 Å².